The van der Waals surface area contributed by atoms with Gasteiger partial charge in [-0.2, -0.15) is 0 Å². The molecule has 0 aliphatic heterocycles. The van der Waals surface area contributed by atoms with Crippen LogP contribution in [0, 0.1) is 11.8 Å². The molecule has 3 nitrogen and oxygen atoms in total. The van der Waals surface area contributed by atoms with Gasteiger partial charge in [0.05, 0.1) is 0 Å². The van der Waals surface area contributed by atoms with Gasteiger partial charge in [0.25, 0.3) is 0 Å². The number of rotatable bonds is 11. The highest BCUT2D eigenvalue weighted by Gasteiger charge is 2.25. The molecular weight excluding hydrogens is 262 g/mol. The lowest BCUT2D eigenvalue weighted by atomic mass is 9.79. The molecule has 0 atom stereocenters. The molecule has 1 amide bonds. The zero-order valence-corrected chi connectivity index (χ0v) is 14.2. The van der Waals surface area contributed by atoms with Crippen molar-refractivity contribution in [3.05, 3.63) is 0 Å². The summed E-state index contributed by atoms with van der Waals surface area (Å²) in [4.78, 5) is 12.1. The Morgan fingerprint density at radius 1 is 1.00 bits per heavy atom. The highest BCUT2D eigenvalue weighted by atomic mass is 16.5. The van der Waals surface area contributed by atoms with Crippen molar-refractivity contribution in [1.29, 1.82) is 0 Å². The molecule has 21 heavy (non-hydrogen) atoms. The summed E-state index contributed by atoms with van der Waals surface area (Å²) in [7, 11) is 0. The van der Waals surface area contributed by atoms with Crippen molar-refractivity contribution in [1.82, 2.24) is 5.32 Å². The third-order valence-electron chi connectivity index (χ3n) is 4.59. The molecule has 1 N–H and O–H groups in total. The smallest absolute Gasteiger partial charge is 0.223 e. The van der Waals surface area contributed by atoms with E-state index in [-0.39, 0.29) is 11.8 Å². The third kappa shape index (κ3) is 8.45. The van der Waals surface area contributed by atoms with E-state index in [9.17, 15) is 4.79 Å². The molecule has 0 saturated heterocycles. The van der Waals surface area contributed by atoms with Crippen LogP contribution < -0.4 is 5.32 Å². The minimum atomic E-state index is 0.267. The Morgan fingerprint density at radius 2 is 1.67 bits per heavy atom. The summed E-state index contributed by atoms with van der Waals surface area (Å²) in [5, 5.41) is 3.08. The SMILES string of the molecule is CCCCOCCCNC(=O)C1CCC(CCCC)CC1. The van der Waals surface area contributed by atoms with E-state index >= 15 is 0 Å². The van der Waals surface area contributed by atoms with Crippen LogP contribution in [-0.2, 0) is 9.53 Å². The fourth-order valence-corrected chi connectivity index (χ4v) is 3.08. The van der Waals surface area contributed by atoms with E-state index in [2.05, 4.69) is 19.2 Å². The molecule has 1 fully saturated rings. The van der Waals surface area contributed by atoms with Gasteiger partial charge in [0.2, 0.25) is 5.91 Å². The first-order valence-electron chi connectivity index (χ1n) is 9.13. The molecule has 0 radical (unpaired) electrons. The van der Waals surface area contributed by atoms with Crippen LogP contribution in [0.2, 0.25) is 0 Å². The van der Waals surface area contributed by atoms with Crippen LogP contribution in [0.1, 0.15) is 78.1 Å². The second-order valence-corrected chi connectivity index (χ2v) is 6.47. The lowest BCUT2D eigenvalue weighted by molar-refractivity contribution is -0.126. The van der Waals surface area contributed by atoms with Crippen molar-refractivity contribution in [3.8, 4) is 0 Å². The summed E-state index contributed by atoms with van der Waals surface area (Å²) >= 11 is 0. The number of hydrogen-bond acceptors (Lipinski definition) is 2. The average molecular weight is 297 g/mol. The predicted octanol–water partition coefficient (Wildman–Crippen LogP) is 4.31. The maximum Gasteiger partial charge on any atom is 0.223 e. The van der Waals surface area contributed by atoms with Gasteiger partial charge >= 0.3 is 0 Å². The second kappa shape index (κ2) is 12.0. The van der Waals surface area contributed by atoms with E-state index in [4.69, 9.17) is 4.74 Å². The number of amides is 1. The molecule has 1 rings (SSSR count). The summed E-state index contributed by atoms with van der Waals surface area (Å²) in [5.41, 5.74) is 0. The lowest BCUT2D eigenvalue weighted by Gasteiger charge is -2.27. The summed E-state index contributed by atoms with van der Waals surface area (Å²) in [5.74, 6) is 1.42. The van der Waals surface area contributed by atoms with Gasteiger partial charge in [0, 0.05) is 25.7 Å². The van der Waals surface area contributed by atoms with Gasteiger partial charge in [-0.3, -0.25) is 4.79 Å². The Labute approximate surface area is 131 Å². The summed E-state index contributed by atoms with van der Waals surface area (Å²) in [6.45, 7) is 6.81. The first kappa shape index (κ1) is 18.5. The van der Waals surface area contributed by atoms with Crippen LogP contribution in [0.4, 0.5) is 0 Å². The molecule has 0 unspecified atom stereocenters. The minimum absolute atomic E-state index is 0.267. The van der Waals surface area contributed by atoms with Crippen LogP contribution in [0.5, 0.6) is 0 Å². The average Bonchev–Trinajstić information content (AvgIpc) is 2.52. The lowest BCUT2D eigenvalue weighted by Crippen LogP contribution is -2.34. The summed E-state index contributed by atoms with van der Waals surface area (Å²) < 4.78 is 5.50. The Kier molecular flexibility index (Phi) is 10.6. The third-order valence-corrected chi connectivity index (χ3v) is 4.59. The van der Waals surface area contributed by atoms with Crippen LogP contribution >= 0.6 is 0 Å². The van der Waals surface area contributed by atoms with Gasteiger partial charge in [-0.1, -0.05) is 39.5 Å². The highest BCUT2D eigenvalue weighted by molar-refractivity contribution is 5.78. The zero-order chi connectivity index (χ0) is 15.3. The van der Waals surface area contributed by atoms with Gasteiger partial charge in [-0.05, 0) is 44.4 Å². The maximum absolute atomic E-state index is 12.1. The molecule has 0 heterocycles. The monoisotopic (exact) mass is 297 g/mol. The molecule has 0 aromatic carbocycles. The van der Waals surface area contributed by atoms with E-state index in [1.54, 1.807) is 0 Å². The Balaban J connectivity index is 2.00. The molecule has 1 saturated carbocycles. The predicted molar refractivity (Wildman–Crippen MR) is 88.3 cm³/mol. The van der Waals surface area contributed by atoms with E-state index in [1.807, 2.05) is 0 Å². The van der Waals surface area contributed by atoms with Crippen molar-refractivity contribution < 1.29 is 9.53 Å². The molecule has 1 aliphatic rings. The number of nitrogens with one attached hydrogen (secondary N) is 1. The number of carbonyl (C=O) groups excluding carboxylic acids is 1. The molecule has 0 spiro atoms. The van der Waals surface area contributed by atoms with E-state index in [1.165, 1.54) is 38.5 Å². The normalized spacial score (nSPS) is 22.2. The van der Waals surface area contributed by atoms with E-state index < -0.39 is 0 Å². The highest BCUT2D eigenvalue weighted by Crippen LogP contribution is 2.31. The quantitative estimate of drug-likeness (QED) is 0.577. The summed E-state index contributed by atoms with van der Waals surface area (Å²) in [6, 6.07) is 0. The van der Waals surface area contributed by atoms with E-state index in [0.717, 1.165) is 51.4 Å². The Morgan fingerprint density at radius 3 is 2.33 bits per heavy atom. The topological polar surface area (TPSA) is 38.3 Å². The molecule has 0 aromatic rings. The van der Waals surface area contributed by atoms with Gasteiger partial charge in [-0.15, -0.1) is 0 Å². The Bertz CT molecular complexity index is 260. The van der Waals surface area contributed by atoms with Crippen LogP contribution in [0.25, 0.3) is 0 Å². The number of unbranched alkanes of at least 4 members (excludes halogenated alkanes) is 2. The fraction of sp³-hybridized carbons (Fsp3) is 0.944. The van der Waals surface area contributed by atoms with E-state index in [0.29, 0.717) is 0 Å². The first-order valence-corrected chi connectivity index (χ1v) is 9.13. The van der Waals surface area contributed by atoms with Gasteiger partial charge in [0.1, 0.15) is 0 Å². The standard InChI is InChI=1S/C18H35NO2/c1-3-5-8-16-9-11-17(12-10-16)18(20)19-13-7-15-21-14-6-4-2/h16-17H,3-15H2,1-2H3,(H,19,20). The molecule has 0 aromatic heterocycles. The van der Waals surface area contributed by atoms with Crippen molar-refractivity contribution in [2.24, 2.45) is 11.8 Å². The van der Waals surface area contributed by atoms with Crippen molar-refractivity contribution in [3.63, 3.8) is 0 Å². The maximum atomic E-state index is 12.1. The van der Waals surface area contributed by atoms with Gasteiger partial charge in [-0.25, -0.2) is 0 Å². The first-order chi connectivity index (χ1) is 10.3. The molecule has 124 valence electrons. The molecule has 0 bridgehead atoms. The molecular formula is C18H35NO2. The van der Waals surface area contributed by atoms with Crippen LogP contribution in [0.3, 0.4) is 0 Å². The van der Waals surface area contributed by atoms with Gasteiger partial charge < -0.3 is 10.1 Å². The largest absolute Gasteiger partial charge is 0.381 e. The molecule has 3 heteroatoms. The summed E-state index contributed by atoms with van der Waals surface area (Å²) in [6.07, 6.45) is 11.9. The Hall–Kier alpha value is -0.570. The van der Waals surface area contributed by atoms with Crippen LogP contribution in [-0.4, -0.2) is 25.7 Å². The molecule has 1 aliphatic carbocycles. The second-order valence-electron chi connectivity index (χ2n) is 6.47. The van der Waals surface area contributed by atoms with Crippen LogP contribution in [0.15, 0.2) is 0 Å². The minimum Gasteiger partial charge on any atom is -0.381 e. The number of hydrogen-bond donors (Lipinski definition) is 1. The number of carbonyl (C=O) groups is 1. The van der Waals surface area contributed by atoms with Crippen molar-refractivity contribution in [2.45, 2.75) is 78.1 Å². The van der Waals surface area contributed by atoms with Crippen molar-refractivity contribution >= 4 is 5.91 Å². The zero-order valence-electron chi connectivity index (χ0n) is 14.2. The number of ether oxygens (including phenoxy) is 1. The van der Waals surface area contributed by atoms with Gasteiger partial charge in [0.15, 0.2) is 0 Å². The fourth-order valence-electron chi connectivity index (χ4n) is 3.08. The van der Waals surface area contributed by atoms with Crippen molar-refractivity contribution in [2.75, 3.05) is 19.8 Å².